The van der Waals surface area contributed by atoms with E-state index in [1.165, 1.54) is 18.4 Å². The highest BCUT2D eigenvalue weighted by molar-refractivity contribution is 14.1. The number of hydrogen-bond acceptors (Lipinski definition) is 4. The zero-order valence-electron chi connectivity index (χ0n) is 16.5. The van der Waals surface area contributed by atoms with E-state index in [1.54, 1.807) is 0 Å². The van der Waals surface area contributed by atoms with Gasteiger partial charge in [0.05, 0.1) is 18.7 Å². The fourth-order valence-corrected chi connectivity index (χ4v) is 5.09. The van der Waals surface area contributed by atoms with E-state index < -0.39 is 0 Å². The standard InChI is InChI=1S/C23H22I2N4O/c24-18-5-1-16(2-6-18)13-27-11-9-21-20(15-27)22(30)29(23-26-10-12-28(21)23)14-17-3-7-19(25)8-4-17/h1-8H,9-15H2. The molecule has 154 valence electrons. The molecule has 1 amide bonds. The first-order chi connectivity index (χ1) is 14.6. The van der Waals surface area contributed by atoms with Crippen molar-refractivity contribution >= 4 is 57.0 Å². The minimum atomic E-state index is 0.118. The average Bonchev–Trinajstić information content (AvgIpc) is 3.24. The van der Waals surface area contributed by atoms with Gasteiger partial charge in [-0.1, -0.05) is 24.3 Å². The van der Waals surface area contributed by atoms with Crippen LogP contribution >= 0.6 is 45.2 Å². The zero-order chi connectivity index (χ0) is 20.7. The number of rotatable bonds is 4. The molecule has 2 aromatic rings. The van der Waals surface area contributed by atoms with Crippen molar-refractivity contribution in [3.8, 4) is 0 Å². The van der Waals surface area contributed by atoms with Crippen LogP contribution in [0, 0.1) is 7.14 Å². The third-order valence-electron chi connectivity index (χ3n) is 5.86. The molecule has 0 spiro atoms. The van der Waals surface area contributed by atoms with E-state index in [1.807, 2.05) is 4.90 Å². The first kappa shape index (κ1) is 20.4. The Balaban J connectivity index is 1.39. The van der Waals surface area contributed by atoms with Crippen molar-refractivity contribution in [3.05, 3.63) is 78.1 Å². The maximum Gasteiger partial charge on any atom is 0.259 e. The average molecular weight is 624 g/mol. The summed E-state index contributed by atoms with van der Waals surface area (Å²) in [5.74, 6) is 0.955. The van der Waals surface area contributed by atoms with E-state index in [0.29, 0.717) is 13.1 Å². The van der Waals surface area contributed by atoms with Gasteiger partial charge in [-0.2, -0.15) is 0 Å². The summed E-state index contributed by atoms with van der Waals surface area (Å²) in [6, 6.07) is 17.0. The summed E-state index contributed by atoms with van der Waals surface area (Å²) in [6.45, 7) is 4.75. The largest absolute Gasteiger partial charge is 0.314 e. The normalized spacial score (nSPS) is 19.1. The number of fused-ring (bicyclic) bond motifs is 2. The van der Waals surface area contributed by atoms with Crippen molar-refractivity contribution < 1.29 is 4.79 Å². The van der Waals surface area contributed by atoms with E-state index in [9.17, 15) is 4.79 Å². The van der Waals surface area contributed by atoms with Crippen LogP contribution in [0.5, 0.6) is 0 Å². The Morgan fingerprint density at radius 1 is 0.867 bits per heavy atom. The van der Waals surface area contributed by atoms with Crippen molar-refractivity contribution in [3.63, 3.8) is 0 Å². The van der Waals surface area contributed by atoms with Crippen LogP contribution in [-0.4, -0.2) is 52.7 Å². The molecule has 0 unspecified atom stereocenters. The van der Waals surface area contributed by atoms with E-state index in [4.69, 9.17) is 0 Å². The van der Waals surface area contributed by atoms with Gasteiger partial charge in [0.2, 0.25) is 5.96 Å². The van der Waals surface area contributed by atoms with Crippen molar-refractivity contribution in [1.82, 2.24) is 14.7 Å². The molecule has 0 saturated heterocycles. The van der Waals surface area contributed by atoms with Crippen molar-refractivity contribution in [2.24, 2.45) is 4.99 Å². The summed E-state index contributed by atoms with van der Waals surface area (Å²) >= 11 is 4.64. The van der Waals surface area contributed by atoms with Gasteiger partial charge in [-0.25, -0.2) is 0 Å². The predicted octanol–water partition coefficient (Wildman–Crippen LogP) is 4.07. The van der Waals surface area contributed by atoms with Gasteiger partial charge in [-0.15, -0.1) is 0 Å². The molecule has 0 fully saturated rings. The molecule has 0 atom stereocenters. The molecular weight excluding hydrogens is 602 g/mol. The molecule has 7 heteroatoms. The summed E-state index contributed by atoms with van der Waals surface area (Å²) in [5.41, 5.74) is 4.56. The van der Waals surface area contributed by atoms with Gasteiger partial charge >= 0.3 is 0 Å². The fraction of sp³-hybridized carbons (Fsp3) is 0.304. The summed E-state index contributed by atoms with van der Waals surface area (Å²) in [6.07, 6.45) is 0.905. The van der Waals surface area contributed by atoms with Gasteiger partial charge in [0.1, 0.15) is 0 Å². The number of carbonyl (C=O) groups is 1. The molecule has 3 aliphatic rings. The van der Waals surface area contributed by atoms with Gasteiger partial charge < -0.3 is 4.90 Å². The van der Waals surface area contributed by atoms with Gasteiger partial charge in [0.15, 0.2) is 0 Å². The van der Waals surface area contributed by atoms with Crippen molar-refractivity contribution in [1.29, 1.82) is 0 Å². The number of aliphatic imine (C=N–C) groups is 1. The maximum atomic E-state index is 13.5. The molecule has 0 aliphatic carbocycles. The summed E-state index contributed by atoms with van der Waals surface area (Å²) in [4.78, 5) is 24.8. The topological polar surface area (TPSA) is 39.2 Å². The Morgan fingerprint density at radius 2 is 1.50 bits per heavy atom. The quantitative estimate of drug-likeness (QED) is 0.482. The van der Waals surface area contributed by atoms with Crippen LogP contribution < -0.4 is 0 Å². The number of guanidine groups is 1. The van der Waals surface area contributed by atoms with E-state index >= 15 is 0 Å². The second-order valence-electron chi connectivity index (χ2n) is 7.86. The third kappa shape index (κ3) is 4.03. The van der Waals surface area contributed by atoms with Crippen molar-refractivity contribution in [2.45, 2.75) is 19.5 Å². The minimum absolute atomic E-state index is 0.118. The Labute approximate surface area is 204 Å². The number of carbonyl (C=O) groups excluding carboxylic acids is 1. The molecule has 30 heavy (non-hydrogen) atoms. The molecule has 5 nitrogen and oxygen atoms in total. The second kappa shape index (κ2) is 8.58. The molecule has 0 bridgehead atoms. The smallest absolute Gasteiger partial charge is 0.259 e. The minimum Gasteiger partial charge on any atom is -0.314 e. The molecule has 2 aromatic carbocycles. The Kier molecular flexibility index (Phi) is 5.85. The lowest BCUT2D eigenvalue weighted by molar-refractivity contribution is -0.125. The molecule has 3 heterocycles. The van der Waals surface area contributed by atoms with Crippen LogP contribution in [0.3, 0.4) is 0 Å². The number of hydrogen-bond donors (Lipinski definition) is 0. The molecule has 0 saturated carbocycles. The zero-order valence-corrected chi connectivity index (χ0v) is 20.8. The van der Waals surface area contributed by atoms with Gasteiger partial charge in [0, 0.05) is 45.4 Å². The lowest BCUT2D eigenvalue weighted by Gasteiger charge is -2.42. The fourth-order valence-electron chi connectivity index (χ4n) is 4.37. The van der Waals surface area contributed by atoms with Crippen LogP contribution in [0.15, 0.2) is 64.8 Å². The van der Waals surface area contributed by atoms with Crippen LogP contribution in [0.4, 0.5) is 0 Å². The molecule has 5 rings (SSSR count). The van der Waals surface area contributed by atoms with Gasteiger partial charge in [0.25, 0.3) is 5.91 Å². The molecular formula is C23H22I2N4O. The highest BCUT2D eigenvalue weighted by atomic mass is 127. The lowest BCUT2D eigenvalue weighted by Crippen LogP contribution is -2.53. The van der Waals surface area contributed by atoms with E-state index in [2.05, 4.69) is 109 Å². The second-order valence-corrected chi connectivity index (χ2v) is 10.4. The van der Waals surface area contributed by atoms with Crippen LogP contribution in [0.1, 0.15) is 17.5 Å². The van der Waals surface area contributed by atoms with E-state index in [-0.39, 0.29) is 5.91 Å². The van der Waals surface area contributed by atoms with Crippen molar-refractivity contribution in [2.75, 3.05) is 26.2 Å². The number of amides is 1. The number of benzene rings is 2. The highest BCUT2D eigenvalue weighted by Gasteiger charge is 2.40. The van der Waals surface area contributed by atoms with Gasteiger partial charge in [-0.3, -0.25) is 19.6 Å². The Morgan fingerprint density at radius 3 is 2.17 bits per heavy atom. The number of halogens is 2. The van der Waals surface area contributed by atoms with Gasteiger partial charge in [-0.05, 0) is 80.6 Å². The summed E-state index contributed by atoms with van der Waals surface area (Å²) in [5, 5.41) is 0. The molecule has 3 aliphatic heterocycles. The number of nitrogens with zero attached hydrogens (tertiary/aromatic N) is 4. The predicted molar refractivity (Wildman–Crippen MR) is 135 cm³/mol. The van der Waals surface area contributed by atoms with Crippen LogP contribution in [-0.2, 0) is 17.9 Å². The lowest BCUT2D eigenvalue weighted by atomic mass is 10.00. The highest BCUT2D eigenvalue weighted by Crippen LogP contribution is 2.32. The SMILES string of the molecule is O=C1C2=C(CCN(Cc3ccc(I)cc3)C2)N2CCN=C2N1Cc1ccc(I)cc1. The molecule has 0 N–H and O–H groups in total. The maximum absolute atomic E-state index is 13.5. The Hall–Kier alpha value is -1.46. The molecule has 0 aromatic heterocycles. The van der Waals surface area contributed by atoms with Crippen LogP contribution in [0.25, 0.3) is 0 Å². The first-order valence-corrected chi connectivity index (χ1v) is 12.3. The van der Waals surface area contributed by atoms with E-state index in [0.717, 1.165) is 49.7 Å². The monoisotopic (exact) mass is 624 g/mol. The van der Waals surface area contributed by atoms with Crippen LogP contribution in [0.2, 0.25) is 0 Å². The first-order valence-electron chi connectivity index (χ1n) is 10.2. The third-order valence-corrected chi connectivity index (χ3v) is 7.30. The summed E-state index contributed by atoms with van der Waals surface area (Å²) in [7, 11) is 0. The summed E-state index contributed by atoms with van der Waals surface area (Å²) < 4.78 is 2.44. The molecule has 0 radical (unpaired) electrons. The Bertz CT molecular complexity index is 1030.